The number of hydrogen-bond donors (Lipinski definition) is 8. The second kappa shape index (κ2) is 12.8. The number of fused-ring (bicyclic) bond motifs is 1. The average molecular weight is 627 g/mol. The van der Waals surface area contributed by atoms with Crippen LogP contribution in [-0.2, 0) is 19.0 Å². The van der Waals surface area contributed by atoms with Crippen molar-refractivity contribution in [2.45, 2.75) is 36.8 Å². The van der Waals surface area contributed by atoms with E-state index in [1.54, 1.807) is 0 Å². The molecule has 0 aliphatic carbocycles. The Labute approximate surface area is 255 Å². The lowest BCUT2D eigenvalue weighted by Gasteiger charge is -2.41. The highest BCUT2D eigenvalue weighted by Gasteiger charge is 2.46. The molecule has 5 rings (SSSR count). The maximum Gasteiger partial charge on any atom is 0.330 e. The van der Waals surface area contributed by atoms with Crippen molar-refractivity contribution in [3.63, 3.8) is 0 Å². The van der Waals surface area contributed by atoms with Crippen molar-refractivity contribution in [3.05, 3.63) is 77.1 Å². The van der Waals surface area contributed by atoms with E-state index >= 15 is 0 Å². The summed E-state index contributed by atoms with van der Waals surface area (Å²) in [6.45, 7) is -0.564. The number of benzene rings is 3. The Morgan fingerprint density at radius 1 is 0.867 bits per heavy atom. The van der Waals surface area contributed by atoms with Crippen LogP contribution in [0.3, 0.4) is 0 Å². The molecule has 0 saturated carbocycles. The van der Waals surface area contributed by atoms with E-state index < -0.39 is 49.4 Å². The van der Waals surface area contributed by atoms with Crippen LogP contribution in [0.25, 0.3) is 12.2 Å². The molecule has 0 aromatic heterocycles. The zero-order chi connectivity index (χ0) is 32.4. The number of ether oxygens (including phenoxy) is 5. The summed E-state index contributed by atoms with van der Waals surface area (Å²) in [5.74, 6) is -2.22. The predicted octanol–water partition coefficient (Wildman–Crippen LogP) is 1.78. The number of rotatable bonds is 8. The first kappa shape index (κ1) is 31.3. The van der Waals surface area contributed by atoms with Gasteiger partial charge in [0.25, 0.3) is 0 Å². The lowest BCUT2D eigenvalue weighted by atomic mass is 9.98. The van der Waals surface area contributed by atoms with Gasteiger partial charge in [-0.25, -0.2) is 4.79 Å². The van der Waals surface area contributed by atoms with Crippen LogP contribution in [0.4, 0.5) is 0 Å². The molecular weight excluding hydrogens is 596 g/mol. The van der Waals surface area contributed by atoms with Crippen LogP contribution in [0.1, 0.15) is 22.8 Å². The van der Waals surface area contributed by atoms with Gasteiger partial charge >= 0.3 is 5.97 Å². The van der Waals surface area contributed by atoms with Gasteiger partial charge < -0.3 is 64.5 Å². The largest absolute Gasteiger partial charge is 0.508 e. The van der Waals surface area contributed by atoms with Crippen LogP contribution < -0.4 is 9.47 Å². The van der Waals surface area contributed by atoms with E-state index in [1.165, 1.54) is 61.7 Å². The zero-order valence-electron chi connectivity index (χ0n) is 23.5. The summed E-state index contributed by atoms with van der Waals surface area (Å²) in [5.41, 5.74) is 0.888. The highest BCUT2D eigenvalue weighted by atomic mass is 16.7. The fourth-order valence-electron chi connectivity index (χ4n) is 4.74. The third-order valence-corrected chi connectivity index (χ3v) is 7.12. The van der Waals surface area contributed by atoms with Crippen molar-refractivity contribution in [1.82, 2.24) is 0 Å². The quantitative estimate of drug-likeness (QED) is 0.101. The first-order valence-electron chi connectivity index (χ1n) is 13.5. The summed E-state index contributed by atoms with van der Waals surface area (Å²) in [5, 5.41) is 81.3. The van der Waals surface area contributed by atoms with Crippen molar-refractivity contribution in [2.75, 3.05) is 13.7 Å². The molecule has 1 saturated heterocycles. The van der Waals surface area contributed by atoms with E-state index in [4.69, 9.17) is 23.7 Å². The molecule has 1 unspecified atom stereocenters. The molecule has 0 radical (unpaired) electrons. The van der Waals surface area contributed by atoms with Crippen molar-refractivity contribution in [3.8, 4) is 40.2 Å². The summed E-state index contributed by atoms with van der Waals surface area (Å²) in [7, 11) is 1.35. The molecule has 0 amide bonds. The SMILES string of the molecule is COc1cc(C2Oc3cc(O)cc(O)c3C=C2O[C@@H]2O[C@H](COC(=O)/C=C/c3ccc(O)c(O)c3)[C@@H](O)[C@H](O)[C@H]2O)ccc1O. The second-order valence-corrected chi connectivity index (χ2v) is 10.2. The molecule has 45 heavy (non-hydrogen) atoms. The maximum atomic E-state index is 12.3. The Hall–Kier alpha value is -5.15. The molecule has 0 bridgehead atoms. The molecule has 14 nitrogen and oxygen atoms in total. The minimum absolute atomic E-state index is 0.0419. The number of esters is 1. The summed E-state index contributed by atoms with van der Waals surface area (Å²) in [4.78, 5) is 12.3. The van der Waals surface area contributed by atoms with E-state index in [2.05, 4.69) is 0 Å². The molecule has 8 N–H and O–H groups in total. The van der Waals surface area contributed by atoms with Gasteiger partial charge in [0, 0.05) is 23.8 Å². The molecule has 238 valence electrons. The van der Waals surface area contributed by atoms with Crippen molar-refractivity contribution < 1.29 is 69.3 Å². The van der Waals surface area contributed by atoms with Gasteiger partial charge in [0.15, 0.2) is 29.1 Å². The highest BCUT2D eigenvalue weighted by molar-refractivity contribution is 5.87. The Morgan fingerprint density at radius 3 is 2.36 bits per heavy atom. The van der Waals surface area contributed by atoms with E-state index in [9.17, 15) is 45.6 Å². The summed E-state index contributed by atoms with van der Waals surface area (Å²) in [6, 6.07) is 10.5. The van der Waals surface area contributed by atoms with Crippen LogP contribution >= 0.6 is 0 Å². The van der Waals surface area contributed by atoms with Crippen molar-refractivity contribution >= 4 is 18.1 Å². The minimum atomic E-state index is -1.79. The fourth-order valence-corrected chi connectivity index (χ4v) is 4.74. The monoisotopic (exact) mass is 626 g/mol. The number of phenols is 5. The first-order valence-corrected chi connectivity index (χ1v) is 13.5. The summed E-state index contributed by atoms with van der Waals surface area (Å²) in [6.07, 6.45) is -5.67. The maximum absolute atomic E-state index is 12.3. The van der Waals surface area contributed by atoms with E-state index in [-0.39, 0.29) is 51.6 Å². The molecule has 3 aromatic rings. The van der Waals surface area contributed by atoms with Gasteiger partial charge in [-0.15, -0.1) is 0 Å². The van der Waals surface area contributed by atoms with E-state index in [0.717, 1.165) is 12.1 Å². The molecule has 2 aliphatic heterocycles. The second-order valence-electron chi connectivity index (χ2n) is 10.2. The topological polar surface area (TPSA) is 225 Å². The lowest BCUT2D eigenvalue weighted by molar-refractivity contribution is -0.294. The Morgan fingerprint density at radius 2 is 1.62 bits per heavy atom. The molecule has 3 aromatic carbocycles. The predicted molar refractivity (Wildman–Crippen MR) is 153 cm³/mol. The Balaban J connectivity index is 1.36. The number of hydrogen-bond acceptors (Lipinski definition) is 14. The molecule has 6 atom stereocenters. The van der Waals surface area contributed by atoms with Gasteiger partial charge in [0.05, 0.1) is 12.7 Å². The van der Waals surface area contributed by atoms with Gasteiger partial charge in [0.2, 0.25) is 6.29 Å². The lowest BCUT2D eigenvalue weighted by Crippen LogP contribution is -2.59. The number of aromatic hydroxyl groups is 5. The van der Waals surface area contributed by atoms with Crippen LogP contribution in [0.5, 0.6) is 40.2 Å². The normalized spacial score (nSPS) is 24.3. The number of carbonyl (C=O) groups is 1. The number of aliphatic hydroxyl groups is 3. The molecule has 2 aliphatic rings. The smallest absolute Gasteiger partial charge is 0.330 e. The highest BCUT2D eigenvalue weighted by Crippen LogP contribution is 2.45. The Bertz CT molecular complexity index is 1630. The van der Waals surface area contributed by atoms with Gasteiger partial charge in [0.1, 0.15) is 54.0 Å². The van der Waals surface area contributed by atoms with Crippen LogP contribution in [-0.4, -0.2) is 91.2 Å². The summed E-state index contributed by atoms with van der Waals surface area (Å²) < 4.78 is 28.0. The van der Waals surface area contributed by atoms with Crippen molar-refractivity contribution in [2.24, 2.45) is 0 Å². The molecule has 1 fully saturated rings. The zero-order valence-corrected chi connectivity index (χ0v) is 23.5. The molecule has 14 heteroatoms. The standard InChI is InChI=1S/C31H30O14/c1-41-23-9-15(4-6-19(23)34)30-24(12-17-20(35)10-16(32)11-22(17)43-30)44-31-29(40)28(39)27(38)25(45-31)13-42-26(37)7-3-14-2-5-18(33)21(36)8-14/h2-12,25,27-36,38-40H,13H2,1H3/b7-3+/t25-,27-,28+,29-,30?,31-/m1/s1. The van der Waals surface area contributed by atoms with Crippen LogP contribution in [0, 0.1) is 0 Å². The van der Waals surface area contributed by atoms with Crippen molar-refractivity contribution in [1.29, 1.82) is 0 Å². The number of aliphatic hydroxyl groups excluding tert-OH is 3. The van der Waals surface area contributed by atoms with E-state index in [1.807, 2.05) is 0 Å². The minimum Gasteiger partial charge on any atom is -0.508 e. The van der Waals surface area contributed by atoms with Gasteiger partial charge in [-0.05, 0) is 42.0 Å². The first-order chi connectivity index (χ1) is 21.4. The number of methoxy groups -OCH3 is 1. The van der Waals surface area contributed by atoms with Crippen LogP contribution in [0.2, 0.25) is 0 Å². The fraction of sp³-hybridized carbons (Fsp3) is 0.258. The van der Waals surface area contributed by atoms with E-state index in [0.29, 0.717) is 11.1 Å². The average Bonchev–Trinajstić information content (AvgIpc) is 3.01. The number of carbonyl (C=O) groups excluding carboxylic acids is 1. The molecular formula is C31H30O14. The molecule has 2 heterocycles. The van der Waals surface area contributed by atoms with Crippen LogP contribution in [0.15, 0.2) is 60.4 Å². The van der Waals surface area contributed by atoms with Gasteiger partial charge in [-0.1, -0.05) is 12.1 Å². The Kier molecular flexibility index (Phi) is 8.92. The van der Waals surface area contributed by atoms with Gasteiger partial charge in [-0.3, -0.25) is 0 Å². The third kappa shape index (κ3) is 6.68. The third-order valence-electron chi connectivity index (χ3n) is 7.12. The molecule has 0 spiro atoms. The number of phenolic OH excluding ortho intramolecular Hbond substituents is 5. The van der Waals surface area contributed by atoms with Gasteiger partial charge in [-0.2, -0.15) is 0 Å². The summed E-state index contributed by atoms with van der Waals surface area (Å²) >= 11 is 0.